The van der Waals surface area contributed by atoms with Gasteiger partial charge in [0, 0.05) is 31.3 Å². The van der Waals surface area contributed by atoms with Gasteiger partial charge in [-0.15, -0.1) is 23.2 Å². The van der Waals surface area contributed by atoms with Gasteiger partial charge in [0.15, 0.2) is 9.75 Å². The summed E-state index contributed by atoms with van der Waals surface area (Å²) < 4.78 is 0. The van der Waals surface area contributed by atoms with Crippen molar-refractivity contribution < 1.29 is 24.3 Å². The van der Waals surface area contributed by atoms with Crippen LogP contribution in [0.4, 0.5) is 22.7 Å². The molecule has 4 aliphatic rings. The maximum Gasteiger partial charge on any atom is 0.254 e. The molecule has 13 heteroatoms. The number of rotatable bonds is 6. The van der Waals surface area contributed by atoms with Crippen LogP contribution >= 0.6 is 39.1 Å². The smallest absolute Gasteiger partial charge is 0.254 e. The topological polar surface area (TPSA) is 123 Å². The van der Waals surface area contributed by atoms with Crippen molar-refractivity contribution in [3.63, 3.8) is 0 Å². The molecule has 0 bridgehead atoms. The third-order valence-electron chi connectivity index (χ3n) is 10.0. The van der Waals surface area contributed by atoms with Crippen molar-refractivity contribution in [2.24, 2.45) is 28.0 Å². The molecule has 10 nitrogen and oxygen atoms in total. The molecule has 1 saturated carbocycles. The Morgan fingerprint density at radius 1 is 0.875 bits per heavy atom. The van der Waals surface area contributed by atoms with Crippen molar-refractivity contribution in [1.82, 2.24) is 4.90 Å². The van der Waals surface area contributed by atoms with E-state index < -0.39 is 51.1 Å². The molecule has 2 saturated heterocycles. The number of allylic oxidation sites excluding steroid dienone is 2. The number of imide groups is 2. The highest BCUT2D eigenvalue weighted by molar-refractivity contribution is 9.09. The number of nitrogens with zero attached hydrogens (tertiary/aromatic N) is 5. The number of phenolic OH excluding ortho intramolecular Hbond substituents is 1. The highest BCUT2D eigenvalue weighted by atomic mass is 79.9. The summed E-state index contributed by atoms with van der Waals surface area (Å²) in [6.45, 7) is 0. The summed E-state index contributed by atoms with van der Waals surface area (Å²) in [5.74, 6) is -5.57. The first-order valence-corrected chi connectivity index (χ1v) is 17.2. The average molecular weight is 751 g/mol. The van der Waals surface area contributed by atoms with Gasteiger partial charge in [0.25, 0.3) is 11.8 Å². The predicted octanol–water partition coefficient (Wildman–Crippen LogP) is 6.79. The standard InChI is InChI=1S/C35H30BrCl2N5O5/c1-41(2)21-11-7-19(8-12-21)39-40-20-9-13-22(14-10-20)43-30(45)25-16-15-23-26(28(25)31(43)46)17-34(37)32(47)42(18-36)33(48)35(34,38)29(23)24-5-3-4-6-27(24)44/h3-15,25-26,28-29,44H,16-18H2,1-2H3. The van der Waals surface area contributed by atoms with Crippen LogP contribution in [0.3, 0.4) is 0 Å². The number of phenols is 1. The Morgan fingerprint density at radius 3 is 2.10 bits per heavy atom. The molecule has 4 amide bonds. The van der Waals surface area contributed by atoms with Gasteiger partial charge in [-0.1, -0.05) is 45.8 Å². The largest absolute Gasteiger partial charge is 0.508 e. The molecule has 2 heterocycles. The molecule has 48 heavy (non-hydrogen) atoms. The number of hydrogen-bond acceptors (Lipinski definition) is 8. The number of aromatic hydroxyl groups is 1. The van der Waals surface area contributed by atoms with Crippen molar-refractivity contribution in [1.29, 1.82) is 0 Å². The number of hydrogen-bond donors (Lipinski definition) is 1. The van der Waals surface area contributed by atoms with E-state index in [1.54, 1.807) is 42.5 Å². The minimum absolute atomic E-state index is 0.124. The minimum atomic E-state index is -1.97. The van der Waals surface area contributed by atoms with Crippen LogP contribution in [0.2, 0.25) is 0 Å². The van der Waals surface area contributed by atoms with Gasteiger partial charge < -0.3 is 10.0 Å². The lowest BCUT2D eigenvalue weighted by Gasteiger charge is -2.50. The van der Waals surface area contributed by atoms with Gasteiger partial charge in [-0.25, -0.2) is 0 Å². The number of benzene rings is 3. The first-order chi connectivity index (χ1) is 22.9. The lowest BCUT2D eigenvalue weighted by Crippen LogP contribution is -2.60. The summed E-state index contributed by atoms with van der Waals surface area (Å²) >= 11 is 17.7. The molecule has 1 N–H and O–H groups in total. The van der Waals surface area contributed by atoms with Gasteiger partial charge in [-0.2, -0.15) is 10.2 Å². The molecular formula is C35H30BrCl2N5O5. The van der Waals surface area contributed by atoms with Gasteiger partial charge in [0.2, 0.25) is 11.8 Å². The van der Waals surface area contributed by atoms with E-state index in [-0.39, 0.29) is 30.0 Å². The second-order valence-corrected chi connectivity index (χ2v) is 14.4. The van der Waals surface area contributed by atoms with Crippen molar-refractivity contribution in [2.75, 3.05) is 29.3 Å². The Bertz CT molecular complexity index is 1920. The zero-order valence-corrected chi connectivity index (χ0v) is 29.0. The Kier molecular flexibility index (Phi) is 8.00. The second kappa shape index (κ2) is 11.8. The van der Waals surface area contributed by atoms with Crippen molar-refractivity contribution >= 4 is 85.5 Å². The van der Waals surface area contributed by atoms with Crippen LogP contribution in [0.5, 0.6) is 5.75 Å². The van der Waals surface area contributed by atoms with Crippen LogP contribution in [-0.2, 0) is 19.2 Å². The maximum atomic E-state index is 14.3. The molecule has 0 aromatic heterocycles. The van der Waals surface area contributed by atoms with E-state index in [1.165, 1.54) is 11.0 Å². The van der Waals surface area contributed by atoms with Crippen molar-refractivity contribution in [2.45, 2.75) is 28.5 Å². The van der Waals surface area contributed by atoms with Crippen LogP contribution < -0.4 is 9.80 Å². The number of halogens is 3. The van der Waals surface area contributed by atoms with E-state index in [0.717, 1.165) is 10.6 Å². The number of para-hydroxylation sites is 1. The third-order valence-corrected chi connectivity index (χ3v) is 11.9. The number of anilines is 2. The second-order valence-electron chi connectivity index (χ2n) is 12.7. The zero-order chi connectivity index (χ0) is 34.1. The number of fused-ring (bicyclic) bond motifs is 4. The first-order valence-electron chi connectivity index (χ1n) is 15.4. The summed E-state index contributed by atoms with van der Waals surface area (Å²) in [5.41, 5.74) is 3.44. The molecule has 3 aromatic rings. The number of carbonyl (C=O) groups is 4. The van der Waals surface area contributed by atoms with Crippen molar-refractivity contribution in [3.05, 3.63) is 90.0 Å². The van der Waals surface area contributed by atoms with Crippen molar-refractivity contribution in [3.8, 4) is 5.75 Å². The van der Waals surface area contributed by atoms with Crippen LogP contribution in [0, 0.1) is 17.8 Å². The SMILES string of the molecule is CN(C)c1ccc(N=Nc2ccc(N3C(=O)C4CC=C5C(CC6(Cl)C(=O)N(CBr)C(=O)C6(Cl)C5c5ccccc5O)C4C3=O)cc2)cc1. The average Bonchev–Trinajstić information content (AvgIpc) is 3.42. The molecule has 2 aliphatic heterocycles. The number of carbonyl (C=O) groups excluding carboxylic acids is 4. The van der Waals surface area contributed by atoms with E-state index >= 15 is 0 Å². The highest BCUT2D eigenvalue weighted by Gasteiger charge is 2.76. The van der Waals surface area contributed by atoms with E-state index in [2.05, 4.69) is 26.2 Å². The van der Waals surface area contributed by atoms with Crippen LogP contribution in [-0.4, -0.2) is 62.9 Å². The Labute approximate surface area is 295 Å². The molecule has 246 valence electrons. The summed E-state index contributed by atoms with van der Waals surface area (Å²) in [5, 5.41) is 19.6. The highest BCUT2D eigenvalue weighted by Crippen LogP contribution is 2.66. The van der Waals surface area contributed by atoms with Crippen LogP contribution in [0.1, 0.15) is 24.3 Å². The Balaban J connectivity index is 1.21. The fourth-order valence-electron chi connectivity index (χ4n) is 7.69. The lowest BCUT2D eigenvalue weighted by molar-refractivity contribution is -0.138. The summed E-state index contributed by atoms with van der Waals surface area (Å²) in [6.07, 6.45) is 1.92. The summed E-state index contributed by atoms with van der Waals surface area (Å²) in [4.78, 5) is 56.0. The number of likely N-dealkylation sites (tertiary alicyclic amines) is 1. The maximum absolute atomic E-state index is 14.3. The molecule has 7 rings (SSSR count). The van der Waals surface area contributed by atoms with Gasteiger partial charge >= 0.3 is 0 Å². The fourth-order valence-corrected chi connectivity index (χ4v) is 9.10. The van der Waals surface area contributed by atoms with Gasteiger partial charge in [0.1, 0.15) is 5.75 Å². The molecule has 2 aliphatic carbocycles. The molecule has 3 fully saturated rings. The fraction of sp³-hybridized carbons (Fsp3) is 0.314. The van der Waals surface area contributed by atoms with Crippen LogP contribution in [0.25, 0.3) is 0 Å². The van der Waals surface area contributed by atoms with E-state index in [0.29, 0.717) is 28.2 Å². The Morgan fingerprint density at radius 2 is 1.50 bits per heavy atom. The molecule has 0 radical (unpaired) electrons. The number of amides is 4. The monoisotopic (exact) mass is 749 g/mol. The molecule has 6 atom stereocenters. The zero-order valence-electron chi connectivity index (χ0n) is 25.9. The Hall–Kier alpha value is -4.06. The summed E-state index contributed by atoms with van der Waals surface area (Å²) in [6, 6.07) is 20.7. The van der Waals surface area contributed by atoms with Gasteiger partial charge in [-0.3, -0.25) is 29.0 Å². The molecular weight excluding hydrogens is 721 g/mol. The quantitative estimate of drug-likeness (QED) is 0.0974. The lowest BCUT2D eigenvalue weighted by atomic mass is 9.56. The molecule has 0 spiro atoms. The van der Waals surface area contributed by atoms with Gasteiger partial charge in [0.05, 0.1) is 34.4 Å². The van der Waals surface area contributed by atoms with Crippen LogP contribution in [0.15, 0.2) is 94.7 Å². The number of azo groups is 1. The molecule has 3 aromatic carbocycles. The number of alkyl halides is 3. The summed E-state index contributed by atoms with van der Waals surface area (Å²) in [7, 11) is 3.91. The van der Waals surface area contributed by atoms with Gasteiger partial charge in [-0.05, 0) is 73.4 Å². The minimum Gasteiger partial charge on any atom is -0.508 e. The normalized spacial score (nSPS) is 29.6. The van der Waals surface area contributed by atoms with E-state index in [1.807, 2.05) is 49.3 Å². The predicted molar refractivity (Wildman–Crippen MR) is 185 cm³/mol. The first kappa shape index (κ1) is 32.5. The third kappa shape index (κ3) is 4.65. The van der Waals surface area contributed by atoms with E-state index in [4.69, 9.17) is 23.2 Å². The van der Waals surface area contributed by atoms with E-state index in [9.17, 15) is 24.3 Å². The molecule has 6 unspecified atom stereocenters.